The molecule has 0 aliphatic heterocycles. The number of fused-ring (bicyclic) bond motifs is 1. The molecule has 0 spiro atoms. The number of anilines is 1. The number of aromatic nitrogens is 4. The van der Waals surface area contributed by atoms with Gasteiger partial charge in [0.05, 0.1) is 23.4 Å². The highest BCUT2D eigenvalue weighted by molar-refractivity contribution is 5.80. The number of nitrogens with zero attached hydrogens (tertiary/aromatic N) is 4. The Morgan fingerprint density at radius 2 is 1.84 bits per heavy atom. The van der Waals surface area contributed by atoms with Crippen LogP contribution in [0.1, 0.15) is 19.0 Å². The predicted octanol–water partition coefficient (Wildman–Crippen LogP) is 3.73. The van der Waals surface area contributed by atoms with E-state index in [1.54, 1.807) is 7.05 Å². The topological polar surface area (TPSA) is 76.4 Å². The summed E-state index contributed by atoms with van der Waals surface area (Å²) < 4.78 is 75.8. The van der Waals surface area contributed by atoms with Gasteiger partial charge in [0.1, 0.15) is 35.6 Å². The van der Waals surface area contributed by atoms with Crippen LogP contribution in [-0.2, 0) is 0 Å². The summed E-state index contributed by atoms with van der Waals surface area (Å²) in [6, 6.07) is -0.0548. The maximum absolute atomic E-state index is 15.0. The van der Waals surface area contributed by atoms with Crippen molar-refractivity contribution in [2.24, 2.45) is 0 Å². The molecule has 0 aliphatic rings. The standard InChI is InChI=1S/C19H21F5N6O/c1-10-15(16-13(20)7-12(8-14(16)21)31-6-4-5-25-3)17(29-11(2)19(22,23)24)30-18(28-10)26-9-27-30/h7-9,11,25,29H,4-6H2,1-3H3. The van der Waals surface area contributed by atoms with Crippen molar-refractivity contribution >= 4 is 11.6 Å². The van der Waals surface area contributed by atoms with Crippen LogP contribution in [0.5, 0.6) is 5.75 Å². The molecule has 0 amide bonds. The summed E-state index contributed by atoms with van der Waals surface area (Å²) in [5.41, 5.74) is -0.648. The van der Waals surface area contributed by atoms with Crippen molar-refractivity contribution in [3.63, 3.8) is 0 Å². The number of rotatable bonds is 8. The summed E-state index contributed by atoms with van der Waals surface area (Å²) in [6.07, 6.45) is -2.90. The van der Waals surface area contributed by atoms with Crippen LogP contribution in [0, 0.1) is 18.6 Å². The number of benzene rings is 1. The highest BCUT2D eigenvalue weighted by Gasteiger charge is 2.37. The molecule has 3 aromatic rings. The highest BCUT2D eigenvalue weighted by atomic mass is 19.4. The summed E-state index contributed by atoms with van der Waals surface area (Å²) in [5, 5.41) is 9.04. The number of hydrogen-bond acceptors (Lipinski definition) is 6. The molecule has 168 valence electrons. The summed E-state index contributed by atoms with van der Waals surface area (Å²) >= 11 is 0. The summed E-state index contributed by atoms with van der Waals surface area (Å²) in [6.45, 7) is 3.21. The van der Waals surface area contributed by atoms with Crippen LogP contribution >= 0.6 is 0 Å². The molecule has 31 heavy (non-hydrogen) atoms. The van der Waals surface area contributed by atoms with Crippen LogP contribution in [0.15, 0.2) is 18.5 Å². The van der Waals surface area contributed by atoms with Crippen LogP contribution in [0.3, 0.4) is 0 Å². The second-order valence-electron chi connectivity index (χ2n) is 6.87. The Balaban J connectivity index is 2.09. The van der Waals surface area contributed by atoms with Gasteiger partial charge < -0.3 is 15.4 Å². The zero-order valence-electron chi connectivity index (χ0n) is 17.0. The molecule has 0 radical (unpaired) electrons. The van der Waals surface area contributed by atoms with Crippen LogP contribution < -0.4 is 15.4 Å². The number of aryl methyl sites for hydroxylation is 1. The van der Waals surface area contributed by atoms with Crippen molar-refractivity contribution in [3.05, 3.63) is 35.8 Å². The average molecular weight is 444 g/mol. The molecular formula is C19H21F5N6O. The van der Waals surface area contributed by atoms with Crippen LogP contribution in [0.2, 0.25) is 0 Å². The zero-order valence-corrected chi connectivity index (χ0v) is 17.0. The number of hydrogen-bond donors (Lipinski definition) is 2. The SMILES string of the molecule is CNCCCOc1cc(F)c(-c2c(C)nc3ncnn3c2NC(C)C(F)(F)F)c(F)c1. The van der Waals surface area contributed by atoms with Gasteiger partial charge in [0.25, 0.3) is 5.78 Å². The van der Waals surface area contributed by atoms with Gasteiger partial charge in [-0.1, -0.05) is 0 Å². The van der Waals surface area contributed by atoms with E-state index >= 15 is 0 Å². The Hall–Kier alpha value is -3.02. The van der Waals surface area contributed by atoms with Crippen molar-refractivity contribution in [3.8, 4) is 16.9 Å². The molecule has 1 aromatic carbocycles. The van der Waals surface area contributed by atoms with Gasteiger partial charge in [-0.2, -0.15) is 27.8 Å². The van der Waals surface area contributed by atoms with E-state index < -0.39 is 29.4 Å². The van der Waals surface area contributed by atoms with Gasteiger partial charge >= 0.3 is 6.18 Å². The largest absolute Gasteiger partial charge is 0.493 e. The molecule has 2 N–H and O–H groups in total. The van der Waals surface area contributed by atoms with Crippen molar-refractivity contribution in [1.82, 2.24) is 24.9 Å². The molecule has 7 nitrogen and oxygen atoms in total. The van der Waals surface area contributed by atoms with E-state index in [4.69, 9.17) is 4.74 Å². The van der Waals surface area contributed by atoms with Crippen molar-refractivity contribution in [2.75, 3.05) is 25.5 Å². The Bertz CT molecular complexity index is 1040. The monoisotopic (exact) mass is 444 g/mol. The van der Waals surface area contributed by atoms with E-state index in [1.165, 1.54) is 6.92 Å². The third-order valence-corrected chi connectivity index (χ3v) is 4.56. The Labute approximate surface area is 174 Å². The maximum atomic E-state index is 15.0. The number of alkyl halides is 3. The minimum atomic E-state index is -4.61. The molecule has 3 rings (SSSR count). The average Bonchev–Trinajstić information content (AvgIpc) is 3.14. The smallest absolute Gasteiger partial charge is 0.408 e. The van der Waals surface area contributed by atoms with E-state index in [2.05, 4.69) is 25.7 Å². The van der Waals surface area contributed by atoms with Crippen molar-refractivity contribution in [2.45, 2.75) is 32.5 Å². The third kappa shape index (κ3) is 4.84. The molecular weight excluding hydrogens is 423 g/mol. The molecule has 0 aliphatic carbocycles. The summed E-state index contributed by atoms with van der Waals surface area (Å²) in [4.78, 5) is 7.97. The van der Waals surface area contributed by atoms with E-state index in [0.29, 0.717) is 13.0 Å². The molecule has 2 heterocycles. The van der Waals surface area contributed by atoms with E-state index in [1.807, 2.05) is 0 Å². The third-order valence-electron chi connectivity index (χ3n) is 4.56. The molecule has 2 aromatic heterocycles. The van der Waals surface area contributed by atoms with Crippen LogP contribution in [0.4, 0.5) is 27.8 Å². The first-order valence-corrected chi connectivity index (χ1v) is 9.44. The van der Waals surface area contributed by atoms with Gasteiger partial charge in [-0.15, -0.1) is 0 Å². The number of halogens is 5. The zero-order chi connectivity index (χ0) is 22.8. The first-order chi connectivity index (χ1) is 14.6. The van der Waals surface area contributed by atoms with Gasteiger partial charge in [-0.25, -0.2) is 13.8 Å². The van der Waals surface area contributed by atoms with Gasteiger partial charge in [0, 0.05) is 12.1 Å². The molecule has 12 heteroatoms. The van der Waals surface area contributed by atoms with E-state index in [-0.39, 0.29) is 35.2 Å². The lowest BCUT2D eigenvalue weighted by molar-refractivity contribution is -0.138. The number of ether oxygens (including phenoxy) is 1. The maximum Gasteiger partial charge on any atom is 0.408 e. The van der Waals surface area contributed by atoms with Crippen LogP contribution in [-0.4, -0.2) is 52.0 Å². The fourth-order valence-electron chi connectivity index (χ4n) is 2.98. The van der Waals surface area contributed by atoms with Gasteiger partial charge in [0.15, 0.2) is 0 Å². The Morgan fingerprint density at radius 1 is 1.16 bits per heavy atom. The van der Waals surface area contributed by atoms with Gasteiger partial charge in [-0.05, 0) is 33.9 Å². The summed E-state index contributed by atoms with van der Waals surface area (Å²) in [5.74, 6) is -2.32. The summed E-state index contributed by atoms with van der Waals surface area (Å²) in [7, 11) is 1.77. The van der Waals surface area contributed by atoms with Crippen LogP contribution in [0.25, 0.3) is 16.9 Å². The first-order valence-electron chi connectivity index (χ1n) is 9.44. The lowest BCUT2D eigenvalue weighted by Gasteiger charge is -2.22. The normalized spacial score (nSPS) is 12.9. The first kappa shape index (κ1) is 22.7. The Morgan fingerprint density at radius 3 is 2.45 bits per heavy atom. The number of nitrogens with one attached hydrogen (secondary N) is 2. The molecule has 0 saturated heterocycles. The minimum absolute atomic E-state index is 0.0107. The lowest BCUT2D eigenvalue weighted by atomic mass is 10.0. The highest BCUT2D eigenvalue weighted by Crippen LogP contribution is 2.37. The van der Waals surface area contributed by atoms with Gasteiger partial charge in [0.2, 0.25) is 0 Å². The fraction of sp³-hybridized carbons (Fsp3) is 0.421. The minimum Gasteiger partial charge on any atom is -0.493 e. The predicted molar refractivity (Wildman–Crippen MR) is 104 cm³/mol. The van der Waals surface area contributed by atoms with E-state index in [9.17, 15) is 22.0 Å². The molecule has 1 unspecified atom stereocenters. The second kappa shape index (κ2) is 9.00. The fourth-order valence-corrected chi connectivity index (χ4v) is 2.98. The Kier molecular flexibility index (Phi) is 6.58. The van der Waals surface area contributed by atoms with Crippen molar-refractivity contribution < 1.29 is 26.7 Å². The lowest BCUT2D eigenvalue weighted by Crippen LogP contribution is -2.34. The molecule has 0 fully saturated rings. The molecule has 1 atom stereocenters. The van der Waals surface area contributed by atoms with Crippen molar-refractivity contribution in [1.29, 1.82) is 0 Å². The van der Waals surface area contributed by atoms with E-state index in [0.717, 1.165) is 29.9 Å². The molecule has 0 saturated carbocycles. The second-order valence-corrected chi connectivity index (χ2v) is 6.87. The molecule has 0 bridgehead atoms. The van der Waals surface area contributed by atoms with Gasteiger partial charge in [-0.3, -0.25) is 0 Å². The quantitative estimate of drug-likeness (QED) is 0.407.